The maximum Gasteiger partial charge on any atom is 0.140 e. The van der Waals surface area contributed by atoms with Crippen molar-refractivity contribution >= 4 is 5.65 Å². The van der Waals surface area contributed by atoms with Crippen LogP contribution in [0, 0.1) is 0 Å². The van der Waals surface area contributed by atoms with Gasteiger partial charge in [-0.15, -0.1) is 0 Å². The number of hydrogen-bond donors (Lipinski definition) is 0. The van der Waals surface area contributed by atoms with Crippen molar-refractivity contribution in [3.8, 4) is 0 Å². The second kappa shape index (κ2) is 3.59. The van der Waals surface area contributed by atoms with Crippen LogP contribution in [0.5, 0.6) is 0 Å². The van der Waals surface area contributed by atoms with Gasteiger partial charge in [0.15, 0.2) is 0 Å². The Balaban J connectivity index is 2.76. The van der Waals surface area contributed by atoms with E-state index in [1.165, 1.54) is 11.1 Å². The number of aromatic nitrogens is 2. The van der Waals surface area contributed by atoms with Crippen LogP contribution in [0.4, 0.5) is 0 Å². The van der Waals surface area contributed by atoms with Crippen LogP contribution in [-0.2, 0) is 10.8 Å². The number of hydrogen-bond acceptors (Lipinski definition) is 1. The van der Waals surface area contributed by atoms with E-state index in [4.69, 9.17) is 0 Å². The quantitative estimate of drug-likeness (QED) is 0.670. The smallest absolute Gasteiger partial charge is 0.140 e. The highest BCUT2D eigenvalue weighted by atomic mass is 15.0. The number of imidazole rings is 1. The lowest BCUT2D eigenvalue weighted by Crippen LogP contribution is -2.18. The molecule has 17 heavy (non-hydrogen) atoms. The van der Waals surface area contributed by atoms with Gasteiger partial charge in [-0.3, -0.25) is 0 Å². The van der Waals surface area contributed by atoms with Gasteiger partial charge in [0.05, 0.1) is 0 Å². The lowest BCUT2D eigenvalue weighted by molar-refractivity contribution is 0.565. The van der Waals surface area contributed by atoms with E-state index in [0.717, 1.165) is 5.65 Å². The number of fused-ring (bicyclic) bond motifs is 1. The van der Waals surface area contributed by atoms with Crippen molar-refractivity contribution in [1.82, 2.24) is 9.38 Å². The molecule has 2 aromatic heterocycles. The van der Waals surface area contributed by atoms with Gasteiger partial charge in [-0.25, -0.2) is 4.98 Å². The highest BCUT2D eigenvalue weighted by Gasteiger charge is 2.22. The van der Waals surface area contributed by atoms with Gasteiger partial charge in [-0.05, 0) is 22.5 Å². The summed E-state index contributed by atoms with van der Waals surface area (Å²) in [4.78, 5) is 4.47. The molecule has 0 atom stereocenters. The normalized spacial score (nSPS) is 13.3. The predicted molar refractivity (Wildman–Crippen MR) is 72.6 cm³/mol. The minimum atomic E-state index is 0.119. The zero-order chi connectivity index (χ0) is 12.8. The van der Waals surface area contributed by atoms with Crippen molar-refractivity contribution in [2.75, 3.05) is 0 Å². The maximum atomic E-state index is 4.47. The van der Waals surface area contributed by atoms with E-state index in [1.54, 1.807) is 0 Å². The molecule has 0 saturated heterocycles. The Kier molecular flexibility index (Phi) is 2.57. The second-order valence-electron chi connectivity index (χ2n) is 6.80. The summed E-state index contributed by atoms with van der Waals surface area (Å²) in [5.41, 5.74) is 4.03. The number of pyridine rings is 1. The first-order valence-electron chi connectivity index (χ1n) is 6.17. The van der Waals surface area contributed by atoms with E-state index in [1.807, 2.05) is 12.4 Å². The summed E-state index contributed by atoms with van der Waals surface area (Å²) < 4.78 is 2.14. The van der Waals surface area contributed by atoms with E-state index in [9.17, 15) is 0 Å². The second-order valence-corrected chi connectivity index (χ2v) is 6.80. The predicted octanol–water partition coefficient (Wildman–Crippen LogP) is 3.93. The van der Waals surface area contributed by atoms with Gasteiger partial charge >= 0.3 is 0 Å². The summed E-state index contributed by atoms with van der Waals surface area (Å²) in [6.07, 6.45) is 6.09. The molecule has 0 unspecified atom stereocenters. The Labute approximate surface area is 104 Å². The van der Waals surface area contributed by atoms with Crippen LogP contribution < -0.4 is 0 Å². The first kappa shape index (κ1) is 12.2. The Bertz CT molecular complexity index is 536. The first-order chi connectivity index (χ1) is 7.69. The van der Waals surface area contributed by atoms with Crippen molar-refractivity contribution in [1.29, 1.82) is 0 Å². The molecule has 0 bridgehead atoms. The summed E-state index contributed by atoms with van der Waals surface area (Å²) in [6.45, 7) is 13.5. The Morgan fingerprint density at radius 1 is 1.00 bits per heavy atom. The van der Waals surface area contributed by atoms with Gasteiger partial charge in [0.1, 0.15) is 5.65 Å². The molecule has 2 heteroatoms. The lowest BCUT2D eigenvalue weighted by Gasteiger charge is -2.25. The fraction of sp³-hybridized carbons (Fsp3) is 0.533. The van der Waals surface area contributed by atoms with Crippen molar-refractivity contribution in [2.24, 2.45) is 0 Å². The van der Waals surface area contributed by atoms with E-state index < -0.39 is 0 Å². The molecule has 0 N–H and O–H groups in total. The molecule has 0 aliphatic carbocycles. The monoisotopic (exact) mass is 230 g/mol. The Morgan fingerprint density at radius 2 is 1.65 bits per heavy atom. The molecule has 0 saturated carbocycles. The minimum Gasteiger partial charge on any atom is -0.307 e. The fourth-order valence-corrected chi connectivity index (χ4v) is 2.00. The average Bonchev–Trinajstić information content (AvgIpc) is 2.59. The van der Waals surface area contributed by atoms with Gasteiger partial charge in [-0.2, -0.15) is 0 Å². The molecule has 92 valence electrons. The molecule has 2 aromatic rings. The van der Waals surface area contributed by atoms with Gasteiger partial charge in [0, 0.05) is 24.2 Å². The van der Waals surface area contributed by atoms with Crippen LogP contribution in [0.2, 0.25) is 0 Å². The third kappa shape index (κ3) is 2.21. The molecule has 2 heterocycles. The number of nitrogens with zero attached hydrogens (tertiary/aromatic N) is 2. The third-order valence-electron chi connectivity index (χ3n) is 3.16. The van der Waals surface area contributed by atoms with E-state index in [0.29, 0.717) is 0 Å². The fourth-order valence-electron chi connectivity index (χ4n) is 2.00. The third-order valence-corrected chi connectivity index (χ3v) is 3.16. The standard InChI is InChI=1S/C15H22N2/c1-14(2,3)11-9-12(15(4,5)6)13-16-7-8-17(13)10-11/h7-10H,1-6H3. The van der Waals surface area contributed by atoms with Crippen LogP contribution in [-0.4, -0.2) is 9.38 Å². The highest BCUT2D eigenvalue weighted by Crippen LogP contribution is 2.31. The van der Waals surface area contributed by atoms with Crippen molar-refractivity contribution in [2.45, 2.75) is 52.4 Å². The van der Waals surface area contributed by atoms with E-state index >= 15 is 0 Å². The molecular formula is C15H22N2. The summed E-state index contributed by atoms with van der Waals surface area (Å²) in [5, 5.41) is 0. The highest BCUT2D eigenvalue weighted by molar-refractivity contribution is 5.53. The molecule has 2 rings (SSSR count). The van der Waals surface area contributed by atoms with Crippen LogP contribution in [0.3, 0.4) is 0 Å². The van der Waals surface area contributed by atoms with Crippen LogP contribution in [0.15, 0.2) is 24.7 Å². The minimum absolute atomic E-state index is 0.119. The maximum absolute atomic E-state index is 4.47. The van der Waals surface area contributed by atoms with Gasteiger partial charge in [0.25, 0.3) is 0 Å². The zero-order valence-electron chi connectivity index (χ0n) is 11.7. The molecule has 0 aliphatic heterocycles. The summed E-state index contributed by atoms with van der Waals surface area (Å²) in [7, 11) is 0. The largest absolute Gasteiger partial charge is 0.307 e. The van der Waals surface area contributed by atoms with Crippen LogP contribution in [0.1, 0.15) is 52.7 Å². The lowest BCUT2D eigenvalue weighted by atomic mass is 9.82. The number of rotatable bonds is 0. The molecule has 0 radical (unpaired) electrons. The topological polar surface area (TPSA) is 17.3 Å². The van der Waals surface area contributed by atoms with Gasteiger partial charge < -0.3 is 4.40 Å². The van der Waals surface area contributed by atoms with E-state index in [-0.39, 0.29) is 10.8 Å². The van der Waals surface area contributed by atoms with Crippen molar-refractivity contribution in [3.63, 3.8) is 0 Å². The zero-order valence-corrected chi connectivity index (χ0v) is 11.7. The average molecular weight is 230 g/mol. The molecule has 2 nitrogen and oxygen atoms in total. The van der Waals surface area contributed by atoms with Gasteiger partial charge in [-0.1, -0.05) is 41.5 Å². The first-order valence-corrected chi connectivity index (χ1v) is 6.17. The van der Waals surface area contributed by atoms with E-state index in [2.05, 4.69) is 63.2 Å². The van der Waals surface area contributed by atoms with Crippen LogP contribution >= 0.6 is 0 Å². The molecular weight excluding hydrogens is 208 g/mol. The summed E-state index contributed by atoms with van der Waals surface area (Å²) in [6, 6.07) is 2.31. The Morgan fingerprint density at radius 3 is 2.18 bits per heavy atom. The van der Waals surface area contributed by atoms with Crippen molar-refractivity contribution < 1.29 is 0 Å². The summed E-state index contributed by atoms with van der Waals surface area (Å²) >= 11 is 0. The van der Waals surface area contributed by atoms with Crippen LogP contribution in [0.25, 0.3) is 5.65 Å². The van der Waals surface area contributed by atoms with Crippen molar-refractivity contribution in [3.05, 3.63) is 35.8 Å². The van der Waals surface area contributed by atoms with Gasteiger partial charge in [0.2, 0.25) is 0 Å². The molecule has 0 amide bonds. The molecule has 0 spiro atoms. The summed E-state index contributed by atoms with van der Waals surface area (Å²) in [5.74, 6) is 0. The SMILES string of the molecule is CC(C)(C)c1cc(C(C)(C)C)c2nccn2c1. The molecule has 0 fully saturated rings. The molecule has 0 aliphatic rings. The molecule has 0 aromatic carbocycles. The Hall–Kier alpha value is -1.31.